The minimum Gasteiger partial charge on any atom is -0.386 e. The van der Waals surface area contributed by atoms with E-state index in [9.17, 15) is 18.7 Å². The second kappa shape index (κ2) is 6.10. The summed E-state index contributed by atoms with van der Waals surface area (Å²) in [7, 11) is 0. The highest BCUT2D eigenvalue weighted by Gasteiger charge is 2.22. The fourth-order valence-electron chi connectivity index (χ4n) is 2.32. The van der Waals surface area contributed by atoms with Crippen molar-refractivity contribution in [3.8, 4) is 0 Å². The number of carbonyl (C=O) groups excluding carboxylic acids is 1. The van der Waals surface area contributed by atoms with Crippen LogP contribution in [0.25, 0.3) is 0 Å². The molecule has 0 radical (unpaired) electrons. The zero-order valence-electron chi connectivity index (χ0n) is 10.6. The summed E-state index contributed by atoms with van der Waals surface area (Å²) >= 11 is 0. The Morgan fingerprint density at radius 1 is 1.26 bits per heavy atom. The van der Waals surface area contributed by atoms with Crippen molar-refractivity contribution < 1.29 is 18.7 Å². The Morgan fingerprint density at radius 2 is 2.05 bits per heavy atom. The van der Waals surface area contributed by atoms with E-state index < -0.39 is 17.7 Å². The van der Waals surface area contributed by atoms with Crippen molar-refractivity contribution >= 4 is 5.91 Å². The van der Waals surface area contributed by atoms with Gasteiger partial charge in [-0.25, -0.2) is 8.78 Å². The molecule has 0 aliphatic carbocycles. The normalized spacial score (nSPS) is 18.3. The Kier molecular flexibility index (Phi) is 4.47. The van der Waals surface area contributed by atoms with Gasteiger partial charge in [-0.15, -0.1) is 0 Å². The number of hydrogen-bond donors (Lipinski definition) is 1. The van der Waals surface area contributed by atoms with Crippen molar-refractivity contribution in [1.29, 1.82) is 0 Å². The molecule has 0 spiro atoms. The molecule has 104 valence electrons. The van der Waals surface area contributed by atoms with Crippen LogP contribution in [0.4, 0.5) is 8.78 Å². The van der Waals surface area contributed by atoms with Crippen molar-refractivity contribution in [3.63, 3.8) is 0 Å². The van der Waals surface area contributed by atoms with E-state index in [1.807, 2.05) is 0 Å². The molecule has 2 rings (SSSR count). The van der Waals surface area contributed by atoms with Crippen LogP contribution in [0.5, 0.6) is 0 Å². The predicted molar refractivity (Wildman–Crippen MR) is 66.4 cm³/mol. The third kappa shape index (κ3) is 3.29. The van der Waals surface area contributed by atoms with E-state index in [-0.39, 0.29) is 18.0 Å². The molecule has 1 unspecified atom stereocenters. The number of hydrogen-bond acceptors (Lipinski definition) is 2. The lowest BCUT2D eigenvalue weighted by atomic mass is 10.1. The molecule has 1 aliphatic heterocycles. The summed E-state index contributed by atoms with van der Waals surface area (Å²) in [6.07, 6.45) is 1.97. The molecule has 1 aromatic carbocycles. The van der Waals surface area contributed by atoms with Gasteiger partial charge in [-0.3, -0.25) is 4.79 Å². The third-order valence-corrected chi connectivity index (χ3v) is 3.41. The minimum absolute atomic E-state index is 0.0131. The van der Waals surface area contributed by atoms with Gasteiger partial charge in [0.1, 0.15) is 0 Å². The van der Waals surface area contributed by atoms with E-state index in [0.717, 1.165) is 25.3 Å². The van der Waals surface area contributed by atoms with Gasteiger partial charge in [0.25, 0.3) is 0 Å². The molecule has 1 amide bonds. The lowest BCUT2D eigenvalue weighted by Crippen LogP contribution is -2.34. The van der Waals surface area contributed by atoms with Crippen molar-refractivity contribution in [2.24, 2.45) is 0 Å². The monoisotopic (exact) mass is 269 g/mol. The smallest absolute Gasteiger partial charge is 0.222 e. The summed E-state index contributed by atoms with van der Waals surface area (Å²) in [5.74, 6) is -2.07. The van der Waals surface area contributed by atoms with Crippen LogP contribution >= 0.6 is 0 Å². The van der Waals surface area contributed by atoms with Crippen LogP contribution in [0, 0.1) is 11.6 Å². The SMILES string of the molecule is O=C1CCCCCN1CC(O)c1cccc(F)c1F. The number of β-amino-alcohol motifs (C(OH)–C–C–N with tert-alkyl or cyclic N) is 1. The van der Waals surface area contributed by atoms with Gasteiger partial charge >= 0.3 is 0 Å². The maximum atomic E-state index is 13.5. The van der Waals surface area contributed by atoms with Crippen molar-refractivity contribution in [2.75, 3.05) is 13.1 Å². The van der Waals surface area contributed by atoms with Crippen LogP contribution in [0.2, 0.25) is 0 Å². The van der Waals surface area contributed by atoms with Gasteiger partial charge < -0.3 is 10.0 Å². The van der Waals surface area contributed by atoms with Crippen LogP contribution in [-0.4, -0.2) is 29.0 Å². The first kappa shape index (κ1) is 13.9. The van der Waals surface area contributed by atoms with E-state index in [2.05, 4.69) is 0 Å². The summed E-state index contributed by atoms with van der Waals surface area (Å²) in [6, 6.07) is 3.69. The highest BCUT2D eigenvalue weighted by molar-refractivity contribution is 5.76. The lowest BCUT2D eigenvalue weighted by molar-refractivity contribution is -0.132. The molecular weight excluding hydrogens is 252 g/mol. The van der Waals surface area contributed by atoms with Gasteiger partial charge in [-0.1, -0.05) is 18.6 Å². The first-order chi connectivity index (χ1) is 9.09. The van der Waals surface area contributed by atoms with Crippen LogP contribution in [0.1, 0.15) is 37.4 Å². The van der Waals surface area contributed by atoms with E-state index in [4.69, 9.17) is 0 Å². The fourth-order valence-corrected chi connectivity index (χ4v) is 2.32. The summed E-state index contributed by atoms with van der Waals surface area (Å²) in [5.41, 5.74) is -0.1000. The molecule has 1 heterocycles. The third-order valence-electron chi connectivity index (χ3n) is 3.41. The Hall–Kier alpha value is -1.49. The molecule has 1 fully saturated rings. The van der Waals surface area contributed by atoms with Gasteiger partial charge in [0.2, 0.25) is 5.91 Å². The standard InChI is InChI=1S/C14H17F2NO2/c15-11-6-4-5-10(14(11)16)12(18)9-17-8-3-1-2-7-13(17)19/h4-6,12,18H,1-3,7-9H2. The summed E-state index contributed by atoms with van der Waals surface area (Å²) < 4.78 is 26.6. The van der Waals surface area contributed by atoms with Crippen molar-refractivity contribution in [2.45, 2.75) is 31.8 Å². The molecule has 0 bridgehead atoms. The van der Waals surface area contributed by atoms with Gasteiger partial charge in [-0.05, 0) is 18.9 Å². The highest BCUT2D eigenvalue weighted by atomic mass is 19.2. The largest absolute Gasteiger partial charge is 0.386 e. The molecule has 1 N–H and O–H groups in total. The molecular formula is C14H17F2NO2. The molecule has 5 heteroatoms. The number of amides is 1. The molecule has 1 atom stereocenters. The fraction of sp³-hybridized carbons (Fsp3) is 0.500. The number of halogens is 2. The van der Waals surface area contributed by atoms with Crippen molar-refractivity contribution in [1.82, 2.24) is 4.90 Å². The van der Waals surface area contributed by atoms with Gasteiger partial charge in [0.15, 0.2) is 11.6 Å². The molecule has 1 aromatic rings. The van der Waals surface area contributed by atoms with Crippen LogP contribution in [0.3, 0.4) is 0 Å². The number of nitrogens with zero attached hydrogens (tertiary/aromatic N) is 1. The minimum atomic E-state index is -1.20. The summed E-state index contributed by atoms with van der Waals surface area (Å²) in [5, 5.41) is 9.99. The van der Waals surface area contributed by atoms with E-state index in [1.165, 1.54) is 17.0 Å². The zero-order chi connectivity index (χ0) is 13.8. The zero-order valence-corrected chi connectivity index (χ0v) is 10.6. The molecule has 1 aliphatic rings. The van der Waals surface area contributed by atoms with Gasteiger partial charge in [0.05, 0.1) is 12.6 Å². The summed E-state index contributed by atoms with van der Waals surface area (Å²) in [4.78, 5) is 13.3. The number of benzene rings is 1. The van der Waals surface area contributed by atoms with Gasteiger partial charge in [0, 0.05) is 18.5 Å². The van der Waals surface area contributed by atoms with E-state index in [1.54, 1.807) is 0 Å². The molecule has 1 saturated heterocycles. The molecule has 0 aromatic heterocycles. The Labute approximate surface area is 110 Å². The molecule has 0 saturated carbocycles. The van der Waals surface area contributed by atoms with Crippen LogP contribution < -0.4 is 0 Å². The lowest BCUT2D eigenvalue weighted by Gasteiger charge is -2.24. The van der Waals surface area contributed by atoms with Gasteiger partial charge in [-0.2, -0.15) is 0 Å². The molecule has 3 nitrogen and oxygen atoms in total. The number of carbonyl (C=O) groups is 1. The maximum absolute atomic E-state index is 13.5. The van der Waals surface area contributed by atoms with Crippen molar-refractivity contribution in [3.05, 3.63) is 35.4 Å². The van der Waals surface area contributed by atoms with Crippen LogP contribution in [0.15, 0.2) is 18.2 Å². The van der Waals surface area contributed by atoms with Crippen LogP contribution in [-0.2, 0) is 4.79 Å². The van der Waals surface area contributed by atoms with E-state index in [0.29, 0.717) is 13.0 Å². The Balaban J connectivity index is 2.09. The number of aliphatic hydroxyl groups is 1. The number of rotatable bonds is 3. The molecule has 19 heavy (non-hydrogen) atoms. The average molecular weight is 269 g/mol. The first-order valence-corrected chi connectivity index (χ1v) is 6.49. The second-order valence-corrected chi connectivity index (χ2v) is 4.81. The topological polar surface area (TPSA) is 40.5 Å². The Bertz CT molecular complexity index is 465. The number of aliphatic hydroxyl groups excluding tert-OH is 1. The first-order valence-electron chi connectivity index (χ1n) is 6.49. The maximum Gasteiger partial charge on any atom is 0.222 e. The average Bonchev–Trinajstić information content (AvgIpc) is 2.58. The highest BCUT2D eigenvalue weighted by Crippen LogP contribution is 2.21. The van der Waals surface area contributed by atoms with E-state index >= 15 is 0 Å². The predicted octanol–water partition coefficient (Wildman–Crippen LogP) is 2.40. The second-order valence-electron chi connectivity index (χ2n) is 4.81. The quantitative estimate of drug-likeness (QED) is 0.915. The summed E-state index contributed by atoms with van der Waals surface area (Å²) in [6.45, 7) is 0.575. The number of likely N-dealkylation sites (tertiary alicyclic amines) is 1. The Morgan fingerprint density at radius 3 is 2.84 bits per heavy atom.